The van der Waals surface area contributed by atoms with Gasteiger partial charge in [0.15, 0.2) is 6.10 Å². The Bertz CT molecular complexity index is 628. The lowest BCUT2D eigenvalue weighted by Crippen LogP contribution is -2.37. The van der Waals surface area contributed by atoms with Crippen molar-refractivity contribution in [2.24, 2.45) is 5.92 Å². The first-order valence-corrected chi connectivity index (χ1v) is 7.58. The van der Waals surface area contributed by atoms with Gasteiger partial charge in [0.2, 0.25) is 0 Å². The Kier molecular flexibility index (Phi) is 6.69. The summed E-state index contributed by atoms with van der Waals surface area (Å²) in [5, 5.41) is 13.6. The molecule has 0 bridgehead atoms. The maximum atomic E-state index is 12.3. The van der Waals surface area contributed by atoms with E-state index in [1.165, 1.54) is 19.1 Å². The van der Waals surface area contributed by atoms with Crippen LogP contribution in [0.4, 0.5) is 11.4 Å². The van der Waals surface area contributed by atoms with Crippen LogP contribution in [0.2, 0.25) is 0 Å². The van der Waals surface area contributed by atoms with Crippen molar-refractivity contribution in [1.29, 1.82) is 0 Å². The molecule has 0 saturated carbocycles. The van der Waals surface area contributed by atoms with Crippen LogP contribution in [0.25, 0.3) is 0 Å². The Balaban J connectivity index is 2.95. The Hall–Kier alpha value is -2.64. The highest BCUT2D eigenvalue weighted by Crippen LogP contribution is 2.25. The highest BCUT2D eigenvalue weighted by Gasteiger charge is 2.23. The highest BCUT2D eigenvalue weighted by atomic mass is 16.6. The summed E-state index contributed by atoms with van der Waals surface area (Å²) in [6.07, 6.45) is -0.995. The third kappa shape index (κ3) is 5.22. The summed E-state index contributed by atoms with van der Waals surface area (Å²) in [7, 11) is 3.41. The van der Waals surface area contributed by atoms with Gasteiger partial charge in [-0.05, 0) is 18.9 Å². The summed E-state index contributed by atoms with van der Waals surface area (Å²) in [6, 6.07) is 3.93. The van der Waals surface area contributed by atoms with Crippen LogP contribution < -0.4 is 10.2 Å². The minimum Gasteiger partial charge on any atom is -0.449 e. The Morgan fingerprint density at radius 3 is 2.42 bits per heavy atom. The first-order chi connectivity index (χ1) is 11.1. The number of hydrogen-bond acceptors (Lipinski definition) is 6. The van der Waals surface area contributed by atoms with Gasteiger partial charge in [-0.1, -0.05) is 13.8 Å². The maximum Gasteiger partial charge on any atom is 0.341 e. The van der Waals surface area contributed by atoms with E-state index in [1.807, 2.05) is 13.8 Å². The smallest absolute Gasteiger partial charge is 0.341 e. The molecule has 1 aromatic carbocycles. The first kappa shape index (κ1) is 19.4. The zero-order valence-electron chi connectivity index (χ0n) is 14.5. The van der Waals surface area contributed by atoms with Crippen molar-refractivity contribution in [2.45, 2.75) is 26.9 Å². The highest BCUT2D eigenvalue weighted by molar-refractivity contribution is 5.98. The topological polar surface area (TPSA) is 102 Å². The zero-order chi connectivity index (χ0) is 18.4. The number of nitro groups is 1. The minimum absolute atomic E-state index is 0.0395. The summed E-state index contributed by atoms with van der Waals surface area (Å²) in [4.78, 5) is 36.2. The molecule has 132 valence electrons. The van der Waals surface area contributed by atoms with Gasteiger partial charge in [0.05, 0.1) is 16.2 Å². The van der Waals surface area contributed by atoms with Crippen LogP contribution in [0.3, 0.4) is 0 Å². The number of anilines is 1. The lowest BCUT2D eigenvalue weighted by Gasteiger charge is -2.18. The monoisotopic (exact) mass is 337 g/mol. The predicted octanol–water partition coefficient (Wildman–Crippen LogP) is 1.98. The summed E-state index contributed by atoms with van der Waals surface area (Å²) in [5.74, 6) is -0.919. The van der Waals surface area contributed by atoms with Crippen LogP contribution >= 0.6 is 0 Å². The van der Waals surface area contributed by atoms with Gasteiger partial charge in [0, 0.05) is 32.8 Å². The normalized spacial score (nSPS) is 11.8. The Morgan fingerprint density at radius 2 is 1.92 bits per heavy atom. The molecule has 0 spiro atoms. The minimum atomic E-state index is -0.995. The second-order valence-corrected chi connectivity index (χ2v) is 6.04. The van der Waals surface area contributed by atoms with Crippen molar-refractivity contribution < 1.29 is 19.2 Å². The van der Waals surface area contributed by atoms with Gasteiger partial charge in [-0.25, -0.2) is 4.79 Å². The molecule has 1 N–H and O–H groups in total. The van der Waals surface area contributed by atoms with Gasteiger partial charge in [0.25, 0.3) is 11.6 Å². The number of nitrogens with one attached hydrogen (secondary N) is 1. The Labute approximate surface area is 140 Å². The molecule has 0 unspecified atom stereocenters. The standard InChI is InChI=1S/C16H23N3O5/c1-10(2)9-17-15(20)11(3)24-16(21)13-8-12(19(22)23)6-7-14(13)18(4)5/h6-8,10-11H,9H2,1-5H3,(H,17,20)/t11-/m1/s1. The van der Waals surface area contributed by atoms with E-state index in [4.69, 9.17) is 4.74 Å². The number of benzene rings is 1. The van der Waals surface area contributed by atoms with E-state index in [1.54, 1.807) is 19.0 Å². The number of carbonyl (C=O) groups is 2. The fourth-order valence-electron chi connectivity index (χ4n) is 1.92. The van der Waals surface area contributed by atoms with E-state index in [2.05, 4.69) is 5.32 Å². The number of rotatable bonds is 7. The fraction of sp³-hybridized carbons (Fsp3) is 0.500. The second kappa shape index (κ2) is 8.28. The van der Waals surface area contributed by atoms with Crippen molar-refractivity contribution in [3.05, 3.63) is 33.9 Å². The molecule has 0 radical (unpaired) electrons. The number of nitrogens with zero attached hydrogens (tertiary/aromatic N) is 2. The number of nitro benzene ring substituents is 1. The molecular weight excluding hydrogens is 314 g/mol. The van der Waals surface area contributed by atoms with Crippen molar-refractivity contribution in [1.82, 2.24) is 5.32 Å². The molecule has 0 saturated heterocycles. The molecule has 1 atom stereocenters. The average Bonchev–Trinajstić information content (AvgIpc) is 2.51. The summed E-state index contributed by atoms with van der Waals surface area (Å²) in [5.41, 5.74) is 0.294. The van der Waals surface area contributed by atoms with Crippen LogP contribution in [0.15, 0.2) is 18.2 Å². The number of ether oxygens (including phenoxy) is 1. The van der Waals surface area contributed by atoms with Crippen molar-refractivity contribution in [3.63, 3.8) is 0 Å². The molecule has 1 aromatic rings. The number of non-ortho nitro benzene ring substituents is 1. The molecule has 0 aromatic heterocycles. The maximum absolute atomic E-state index is 12.3. The van der Waals surface area contributed by atoms with Crippen LogP contribution in [0, 0.1) is 16.0 Å². The molecular formula is C16H23N3O5. The van der Waals surface area contributed by atoms with E-state index in [-0.39, 0.29) is 17.2 Å². The number of esters is 1. The number of carbonyl (C=O) groups excluding carboxylic acids is 2. The fourth-order valence-corrected chi connectivity index (χ4v) is 1.92. The molecule has 0 aliphatic heterocycles. The van der Waals surface area contributed by atoms with E-state index >= 15 is 0 Å². The van der Waals surface area contributed by atoms with Crippen LogP contribution in [0.5, 0.6) is 0 Å². The number of hydrogen-bond donors (Lipinski definition) is 1. The third-order valence-corrected chi connectivity index (χ3v) is 3.23. The first-order valence-electron chi connectivity index (χ1n) is 7.58. The van der Waals surface area contributed by atoms with E-state index in [0.717, 1.165) is 6.07 Å². The molecule has 1 rings (SSSR count). The molecule has 0 heterocycles. The Morgan fingerprint density at radius 1 is 1.29 bits per heavy atom. The van der Waals surface area contributed by atoms with E-state index in [0.29, 0.717) is 12.2 Å². The molecule has 8 nitrogen and oxygen atoms in total. The van der Waals surface area contributed by atoms with Crippen LogP contribution in [-0.2, 0) is 9.53 Å². The lowest BCUT2D eigenvalue weighted by atomic mass is 10.1. The van der Waals surface area contributed by atoms with Gasteiger partial charge in [-0.2, -0.15) is 0 Å². The van der Waals surface area contributed by atoms with Gasteiger partial charge in [-0.3, -0.25) is 14.9 Å². The SMILES string of the molecule is CC(C)CNC(=O)[C@@H](C)OC(=O)c1cc([N+](=O)[O-])ccc1N(C)C. The summed E-state index contributed by atoms with van der Waals surface area (Å²) in [6.45, 7) is 5.83. The quantitative estimate of drug-likeness (QED) is 0.464. The van der Waals surface area contributed by atoms with Crippen molar-refractivity contribution >= 4 is 23.3 Å². The number of amides is 1. The van der Waals surface area contributed by atoms with Gasteiger partial charge < -0.3 is 15.0 Å². The van der Waals surface area contributed by atoms with Crippen molar-refractivity contribution in [2.75, 3.05) is 25.5 Å². The van der Waals surface area contributed by atoms with Gasteiger partial charge in [0.1, 0.15) is 0 Å². The lowest BCUT2D eigenvalue weighted by molar-refractivity contribution is -0.384. The van der Waals surface area contributed by atoms with Gasteiger partial charge >= 0.3 is 5.97 Å². The second-order valence-electron chi connectivity index (χ2n) is 6.04. The molecule has 0 aliphatic carbocycles. The molecule has 1 amide bonds. The zero-order valence-corrected chi connectivity index (χ0v) is 14.5. The largest absolute Gasteiger partial charge is 0.449 e. The summed E-state index contributed by atoms with van der Waals surface area (Å²) < 4.78 is 5.16. The van der Waals surface area contributed by atoms with Crippen molar-refractivity contribution in [3.8, 4) is 0 Å². The van der Waals surface area contributed by atoms with Crippen LogP contribution in [0.1, 0.15) is 31.1 Å². The molecule has 0 aliphatic rings. The van der Waals surface area contributed by atoms with E-state index in [9.17, 15) is 19.7 Å². The molecule has 24 heavy (non-hydrogen) atoms. The summed E-state index contributed by atoms with van der Waals surface area (Å²) >= 11 is 0. The van der Waals surface area contributed by atoms with Gasteiger partial charge in [-0.15, -0.1) is 0 Å². The molecule has 0 fully saturated rings. The molecule has 8 heteroatoms. The van der Waals surface area contributed by atoms with Crippen LogP contribution in [-0.4, -0.2) is 43.5 Å². The third-order valence-electron chi connectivity index (χ3n) is 3.23. The average molecular weight is 337 g/mol. The van der Waals surface area contributed by atoms with E-state index < -0.39 is 22.9 Å². The predicted molar refractivity (Wildman–Crippen MR) is 90.1 cm³/mol.